The summed E-state index contributed by atoms with van der Waals surface area (Å²) in [6.45, 7) is 0.598. The van der Waals surface area contributed by atoms with Gasteiger partial charge in [-0.3, -0.25) is 20.8 Å². The number of hydrazine groups is 1. The summed E-state index contributed by atoms with van der Waals surface area (Å²) < 4.78 is 4.77. The monoisotopic (exact) mass is 254 g/mol. The van der Waals surface area contributed by atoms with Crippen LogP contribution < -0.4 is 16.6 Å². The van der Waals surface area contributed by atoms with Gasteiger partial charge < -0.3 is 15.5 Å². The Kier molecular flexibility index (Phi) is 5.03. The molecule has 1 rings (SSSR count). The summed E-state index contributed by atoms with van der Waals surface area (Å²) in [5, 5.41) is 13.5. The molecule has 0 aliphatic rings. The van der Waals surface area contributed by atoms with E-state index in [2.05, 4.69) is 10.7 Å². The number of nitro benzene ring substituents is 1. The molecule has 0 atom stereocenters. The fraction of sp³-hybridized carbons (Fsp3) is 0.300. The SMILES string of the molecule is COCCNC(=O)c1cccc(NN)c1[N+](=O)[O-]. The number of para-hydroxylation sites is 1. The zero-order chi connectivity index (χ0) is 13.5. The molecule has 0 aliphatic carbocycles. The molecule has 18 heavy (non-hydrogen) atoms. The van der Waals surface area contributed by atoms with Gasteiger partial charge in [-0.25, -0.2) is 0 Å². The Bertz CT molecular complexity index is 450. The second kappa shape index (κ2) is 6.52. The largest absolute Gasteiger partial charge is 0.383 e. The van der Waals surface area contributed by atoms with Crippen molar-refractivity contribution >= 4 is 17.3 Å². The van der Waals surface area contributed by atoms with E-state index in [0.29, 0.717) is 6.61 Å². The topological polar surface area (TPSA) is 120 Å². The molecular weight excluding hydrogens is 240 g/mol. The molecule has 0 aromatic heterocycles. The van der Waals surface area contributed by atoms with Crippen LogP contribution in [0.5, 0.6) is 0 Å². The number of hydrogen-bond acceptors (Lipinski definition) is 6. The van der Waals surface area contributed by atoms with Gasteiger partial charge in [0.25, 0.3) is 5.91 Å². The van der Waals surface area contributed by atoms with E-state index in [-0.39, 0.29) is 23.5 Å². The number of nitro groups is 1. The first-order valence-corrected chi connectivity index (χ1v) is 5.13. The highest BCUT2D eigenvalue weighted by Crippen LogP contribution is 2.27. The standard InChI is InChI=1S/C10H14N4O4/c1-18-6-5-12-10(15)7-3-2-4-8(13-11)9(7)14(16)17/h2-4,13H,5-6,11H2,1H3,(H,12,15). The average molecular weight is 254 g/mol. The molecule has 0 saturated heterocycles. The van der Waals surface area contributed by atoms with E-state index in [4.69, 9.17) is 10.6 Å². The summed E-state index contributed by atoms with van der Waals surface area (Å²) in [6.07, 6.45) is 0. The van der Waals surface area contributed by atoms with Crippen molar-refractivity contribution in [1.82, 2.24) is 5.32 Å². The maximum atomic E-state index is 11.8. The maximum absolute atomic E-state index is 11.8. The number of ether oxygens (including phenoxy) is 1. The van der Waals surface area contributed by atoms with Crippen LogP contribution in [0.4, 0.5) is 11.4 Å². The smallest absolute Gasteiger partial charge is 0.306 e. The highest BCUT2D eigenvalue weighted by molar-refractivity contribution is 6.00. The number of carbonyl (C=O) groups excluding carboxylic acids is 1. The van der Waals surface area contributed by atoms with Gasteiger partial charge in [-0.2, -0.15) is 0 Å². The second-order valence-corrected chi connectivity index (χ2v) is 3.35. The fourth-order valence-electron chi connectivity index (χ4n) is 1.40. The Balaban J connectivity index is 3.00. The van der Waals surface area contributed by atoms with Gasteiger partial charge in [0.2, 0.25) is 0 Å². The maximum Gasteiger partial charge on any atom is 0.306 e. The lowest BCUT2D eigenvalue weighted by Gasteiger charge is -2.07. The predicted octanol–water partition coefficient (Wildman–Crippen LogP) is 0.257. The van der Waals surface area contributed by atoms with Crippen molar-refractivity contribution in [2.75, 3.05) is 25.7 Å². The Labute approximate surface area is 103 Å². The zero-order valence-corrected chi connectivity index (χ0v) is 9.80. The molecule has 0 bridgehead atoms. The fourth-order valence-corrected chi connectivity index (χ4v) is 1.40. The van der Waals surface area contributed by atoms with Crippen molar-refractivity contribution in [3.05, 3.63) is 33.9 Å². The van der Waals surface area contributed by atoms with E-state index in [1.165, 1.54) is 25.3 Å². The van der Waals surface area contributed by atoms with E-state index in [1.807, 2.05) is 0 Å². The molecule has 8 nitrogen and oxygen atoms in total. The molecule has 4 N–H and O–H groups in total. The van der Waals surface area contributed by atoms with Crippen LogP contribution in [0.15, 0.2) is 18.2 Å². The molecule has 0 saturated carbocycles. The van der Waals surface area contributed by atoms with Crippen LogP contribution in [-0.4, -0.2) is 31.1 Å². The zero-order valence-electron chi connectivity index (χ0n) is 9.80. The first-order valence-electron chi connectivity index (χ1n) is 5.13. The van der Waals surface area contributed by atoms with Crippen molar-refractivity contribution < 1.29 is 14.5 Å². The molecule has 1 amide bonds. The van der Waals surface area contributed by atoms with Crippen LogP contribution >= 0.6 is 0 Å². The third-order valence-electron chi connectivity index (χ3n) is 2.21. The Morgan fingerprint density at radius 1 is 1.56 bits per heavy atom. The van der Waals surface area contributed by atoms with Crippen molar-refractivity contribution in [3.8, 4) is 0 Å². The van der Waals surface area contributed by atoms with Crippen LogP contribution in [-0.2, 0) is 4.74 Å². The van der Waals surface area contributed by atoms with Gasteiger partial charge in [-0.15, -0.1) is 0 Å². The number of benzene rings is 1. The number of anilines is 1. The summed E-state index contributed by atoms with van der Waals surface area (Å²) in [5.74, 6) is 4.63. The Hall–Kier alpha value is -2.19. The number of methoxy groups -OCH3 is 1. The van der Waals surface area contributed by atoms with Crippen molar-refractivity contribution in [2.24, 2.45) is 5.84 Å². The van der Waals surface area contributed by atoms with Crippen molar-refractivity contribution in [3.63, 3.8) is 0 Å². The van der Waals surface area contributed by atoms with Gasteiger partial charge in [0, 0.05) is 13.7 Å². The lowest BCUT2D eigenvalue weighted by molar-refractivity contribution is -0.384. The van der Waals surface area contributed by atoms with Gasteiger partial charge in [0.1, 0.15) is 11.3 Å². The predicted molar refractivity (Wildman–Crippen MR) is 65.1 cm³/mol. The van der Waals surface area contributed by atoms with Crippen LogP contribution in [0.1, 0.15) is 10.4 Å². The number of nitrogens with zero attached hydrogens (tertiary/aromatic N) is 1. The number of rotatable bonds is 6. The molecular formula is C10H14N4O4. The minimum absolute atomic E-state index is 0.0495. The molecule has 1 aromatic rings. The van der Waals surface area contributed by atoms with E-state index in [9.17, 15) is 14.9 Å². The van der Waals surface area contributed by atoms with Crippen LogP contribution in [0, 0.1) is 10.1 Å². The Morgan fingerprint density at radius 2 is 2.28 bits per heavy atom. The van der Waals surface area contributed by atoms with E-state index < -0.39 is 10.8 Å². The number of carbonyl (C=O) groups is 1. The molecule has 0 aliphatic heterocycles. The normalized spacial score (nSPS) is 9.89. The molecule has 0 spiro atoms. The number of amides is 1. The minimum atomic E-state index is -0.652. The first kappa shape index (κ1) is 13.9. The van der Waals surface area contributed by atoms with Gasteiger partial charge in [-0.1, -0.05) is 6.07 Å². The Morgan fingerprint density at radius 3 is 2.83 bits per heavy atom. The van der Waals surface area contributed by atoms with Gasteiger partial charge in [0.15, 0.2) is 0 Å². The van der Waals surface area contributed by atoms with E-state index >= 15 is 0 Å². The van der Waals surface area contributed by atoms with Crippen LogP contribution in [0.3, 0.4) is 0 Å². The number of hydrogen-bond donors (Lipinski definition) is 3. The third kappa shape index (κ3) is 3.15. The summed E-state index contributed by atoms with van der Waals surface area (Å²) in [5.41, 5.74) is 1.87. The van der Waals surface area contributed by atoms with Gasteiger partial charge >= 0.3 is 5.69 Å². The summed E-state index contributed by atoms with van der Waals surface area (Å²) in [4.78, 5) is 22.1. The summed E-state index contributed by atoms with van der Waals surface area (Å²) >= 11 is 0. The lowest BCUT2D eigenvalue weighted by Crippen LogP contribution is -2.28. The van der Waals surface area contributed by atoms with Crippen molar-refractivity contribution in [2.45, 2.75) is 0 Å². The van der Waals surface area contributed by atoms with Gasteiger partial charge in [-0.05, 0) is 12.1 Å². The molecule has 0 unspecified atom stereocenters. The molecule has 0 radical (unpaired) electrons. The minimum Gasteiger partial charge on any atom is -0.383 e. The van der Waals surface area contributed by atoms with Gasteiger partial charge in [0.05, 0.1) is 11.5 Å². The van der Waals surface area contributed by atoms with E-state index in [1.54, 1.807) is 0 Å². The molecule has 98 valence electrons. The van der Waals surface area contributed by atoms with Crippen molar-refractivity contribution in [1.29, 1.82) is 0 Å². The third-order valence-corrected chi connectivity index (χ3v) is 2.21. The number of nitrogens with one attached hydrogen (secondary N) is 2. The summed E-state index contributed by atoms with van der Waals surface area (Å²) in [7, 11) is 1.49. The lowest BCUT2D eigenvalue weighted by atomic mass is 10.1. The summed E-state index contributed by atoms with van der Waals surface area (Å²) in [6, 6.07) is 4.29. The van der Waals surface area contributed by atoms with Crippen LogP contribution in [0.2, 0.25) is 0 Å². The number of nitrogens with two attached hydrogens (primary N) is 1. The molecule has 0 fully saturated rings. The quantitative estimate of drug-likeness (QED) is 0.290. The van der Waals surface area contributed by atoms with E-state index in [0.717, 1.165) is 0 Å². The molecule has 0 heterocycles. The molecule has 1 aromatic carbocycles. The first-order chi connectivity index (χ1) is 8.61. The number of nitrogen functional groups attached to an aromatic ring is 1. The molecule has 8 heteroatoms. The highest BCUT2D eigenvalue weighted by atomic mass is 16.6. The van der Waals surface area contributed by atoms with Crippen LogP contribution in [0.25, 0.3) is 0 Å². The average Bonchev–Trinajstić information content (AvgIpc) is 2.37. The highest BCUT2D eigenvalue weighted by Gasteiger charge is 2.23. The second-order valence-electron chi connectivity index (χ2n) is 3.35.